The van der Waals surface area contributed by atoms with Crippen LogP contribution in [-0.2, 0) is 11.2 Å². The van der Waals surface area contributed by atoms with Crippen LogP contribution in [0.2, 0.25) is 0 Å². The van der Waals surface area contributed by atoms with Gasteiger partial charge in [-0.3, -0.25) is 19.7 Å². The standard InChI is InChI=1S/C16H14IN3O4/c17-13-7-2-1-4-10(13)9-14(15(18)21)19-16(22)11-5-3-6-12(8-11)20(23)24/h1-8,14H,9H2,(H2,18,21)(H,19,22)/t14-/m0/s1. The summed E-state index contributed by atoms with van der Waals surface area (Å²) < 4.78 is 0.950. The molecule has 1 atom stereocenters. The molecule has 0 unspecified atom stereocenters. The number of primary amides is 1. The number of nitro groups is 1. The maximum atomic E-state index is 12.3. The average molecular weight is 439 g/mol. The van der Waals surface area contributed by atoms with E-state index in [4.69, 9.17) is 5.73 Å². The lowest BCUT2D eigenvalue weighted by Gasteiger charge is -2.16. The van der Waals surface area contributed by atoms with Crippen molar-refractivity contribution < 1.29 is 14.5 Å². The maximum absolute atomic E-state index is 12.3. The summed E-state index contributed by atoms with van der Waals surface area (Å²) in [5.74, 6) is -1.26. The van der Waals surface area contributed by atoms with Gasteiger partial charge >= 0.3 is 0 Å². The van der Waals surface area contributed by atoms with Gasteiger partial charge in [-0.05, 0) is 40.3 Å². The summed E-state index contributed by atoms with van der Waals surface area (Å²) in [5.41, 5.74) is 6.15. The highest BCUT2D eigenvalue weighted by molar-refractivity contribution is 14.1. The Hall–Kier alpha value is -2.49. The van der Waals surface area contributed by atoms with Gasteiger partial charge in [0, 0.05) is 27.7 Å². The zero-order valence-corrected chi connectivity index (χ0v) is 14.6. The number of hydrogen-bond donors (Lipinski definition) is 2. The van der Waals surface area contributed by atoms with Crippen molar-refractivity contribution in [3.05, 3.63) is 73.3 Å². The summed E-state index contributed by atoms with van der Waals surface area (Å²) >= 11 is 2.13. The zero-order chi connectivity index (χ0) is 17.7. The predicted molar refractivity (Wildman–Crippen MR) is 96.4 cm³/mol. The summed E-state index contributed by atoms with van der Waals surface area (Å²) in [6, 6.07) is 11.8. The molecule has 0 saturated heterocycles. The third kappa shape index (κ3) is 4.51. The SMILES string of the molecule is NC(=O)[C@H](Cc1ccccc1I)NC(=O)c1cccc([N+](=O)[O-])c1. The molecule has 2 aromatic carbocycles. The lowest BCUT2D eigenvalue weighted by molar-refractivity contribution is -0.384. The van der Waals surface area contributed by atoms with E-state index in [-0.39, 0.29) is 17.7 Å². The molecule has 0 aromatic heterocycles. The van der Waals surface area contributed by atoms with Gasteiger partial charge in [-0.25, -0.2) is 0 Å². The minimum atomic E-state index is -0.910. The fraction of sp³-hybridized carbons (Fsp3) is 0.125. The van der Waals surface area contributed by atoms with Gasteiger partial charge in [-0.1, -0.05) is 24.3 Å². The number of carbonyl (C=O) groups is 2. The molecule has 124 valence electrons. The summed E-state index contributed by atoms with van der Waals surface area (Å²) in [5, 5.41) is 13.3. The molecule has 0 saturated carbocycles. The third-order valence-electron chi connectivity index (χ3n) is 3.35. The Kier molecular flexibility index (Phi) is 5.85. The molecule has 2 aromatic rings. The fourth-order valence-electron chi connectivity index (χ4n) is 2.11. The lowest BCUT2D eigenvalue weighted by atomic mass is 10.0. The highest BCUT2D eigenvalue weighted by atomic mass is 127. The zero-order valence-electron chi connectivity index (χ0n) is 12.4. The minimum Gasteiger partial charge on any atom is -0.368 e. The van der Waals surface area contributed by atoms with Gasteiger partial charge in [0.15, 0.2) is 0 Å². The van der Waals surface area contributed by atoms with Crippen LogP contribution in [0.15, 0.2) is 48.5 Å². The molecule has 0 spiro atoms. The van der Waals surface area contributed by atoms with Crippen molar-refractivity contribution in [2.45, 2.75) is 12.5 Å². The molecule has 0 aliphatic heterocycles. The molecule has 3 N–H and O–H groups in total. The highest BCUT2D eigenvalue weighted by Crippen LogP contribution is 2.15. The van der Waals surface area contributed by atoms with E-state index in [9.17, 15) is 19.7 Å². The molecule has 2 rings (SSSR count). The quantitative estimate of drug-likeness (QED) is 0.407. The Morgan fingerprint density at radius 2 is 1.92 bits per heavy atom. The van der Waals surface area contributed by atoms with Gasteiger partial charge in [0.2, 0.25) is 5.91 Å². The number of non-ortho nitro benzene ring substituents is 1. The van der Waals surface area contributed by atoms with Crippen LogP contribution in [0, 0.1) is 13.7 Å². The Bertz CT molecular complexity index is 794. The normalized spacial score (nSPS) is 11.5. The average Bonchev–Trinajstić information content (AvgIpc) is 2.56. The highest BCUT2D eigenvalue weighted by Gasteiger charge is 2.21. The summed E-state index contributed by atoms with van der Waals surface area (Å²) in [7, 11) is 0. The first-order chi connectivity index (χ1) is 11.4. The van der Waals surface area contributed by atoms with Crippen molar-refractivity contribution in [3.63, 3.8) is 0 Å². The van der Waals surface area contributed by atoms with E-state index < -0.39 is 22.8 Å². The number of hydrogen-bond acceptors (Lipinski definition) is 4. The van der Waals surface area contributed by atoms with Gasteiger partial charge < -0.3 is 11.1 Å². The van der Waals surface area contributed by atoms with Crippen molar-refractivity contribution in [2.75, 3.05) is 0 Å². The summed E-state index contributed by atoms with van der Waals surface area (Å²) in [4.78, 5) is 34.1. The third-order valence-corrected chi connectivity index (χ3v) is 4.40. The summed E-state index contributed by atoms with van der Waals surface area (Å²) in [6.07, 6.45) is 0.245. The largest absolute Gasteiger partial charge is 0.368 e. The van der Waals surface area contributed by atoms with Crippen molar-refractivity contribution in [1.82, 2.24) is 5.32 Å². The number of halogens is 1. The van der Waals surface area contributed by atoms with Crippen LogP contribution in [-0.4, -0.2) is 22.8 Å². The second-order valence-electron chi connectivity index (χ2n) is 5.03. The van der Waals surface area contributed by atoms with Crippen LogP contribution in [0.3, 0.4) is 0 Å². The van der Waals surface area contributed by atoms with Crippen LogP contribution in [0.5, 0.6) is 0 Å². The van der Waals surface area contributed by atoms with Crippen molar-refractivity contribution in [2.24, 2.45) is 5.73 Å². The molecule has 2 amide bonds. The molecule has 0 aliphatic carbocycles. The summed E-state index contributed by atoms with van der Waals surface area (Å²) in [6.45, 7) is 0. The number of amides is 2. The predicted octanol–water partition coefficient (Wildman–Crippen LogP) is 2.03. The van der Waals surface area contributed by atoms with E-state index in [1.807, 2.05) is 24.3 Å². The Labute approximate surface area is 151 Å². The van der Waals surface area contributed by atoms with E-state index >= 15 is 0 Å². The molecule has 0 fully saturated rings. The van der Waals surface area contributed by atoms with Crippen molar-refractivity contribution in [3.8, 4) is 0 Å². The van der Waals surface area contributed by atoms with E-state index in [0.717, 1.165) is 15.2 Å². The van der Waals surface area contributed by atoms with Gasteiger partial charge in [-0.2, -0.15) is 0 Å². The van der Waals surface area contributed by atoms with Gasteiger partial charge in [0.05, 0.1) is 4.92 Å². The van der Waals surface area contributed by atoms with Crippen LogP contribution in [0.1, 0.15) is 15.9 Å². The molecule has 0 bridgehead atoms. The van der Waals surface area contributed by atoms with E-state index in [1.165, 1.54) is 18.2 Å². The molecule has 0 heterocycles. The van der Waals surface area contributed by atoms with Crippen LogP contribution < -0.4 is 11.1 Å². The second kappa shape index (κ2) is 7.86. The smallest absolute Gasteiger partial charge is 0.270 e. The Morgan fingerprint density at radius 3 is 2.54 bits per heavy atom. The van der Waals surface area contributed by atoms with E-state index in [2.05, 4.69) is 27.9 Å². The molecule has 0 radical (unpaired) electrons. The number of carbonyl (C=O) groups excluding carboxylic acids is 2. The van der Waals surface area contributed by atoms with Gasteiger partial charge in [-0.15, -0.1) is 0 Å². The first kappa shape index (κ1) is 17.9. The van der Waals surface area contributed by atoms with Crippen LogP contribution in [0.25, 0.3) is 0 Å². The molecule has 8 heteroatoms. The minimum absolute atomic E-state index is 0.0956. The Balaban J connectivity index is 2.17. The Morgan fingerprint density at radius 1 is 1.21 bits per heavy atom. The number of nitrogens with two attached hydrogens (primary N) is 1. The number of nitro benzene ring substituents is 1. The van der Waals surface area contributed by atoms with Crippen molar-refractivity contribution in [1.29, 1.82) is 0 Å². The van der Waals surface area contributed by atoms with Gasteiger partial charge in [0.1, 0.15) is 6.04 Å². The van der Waals surface area contributed by atoms with E-state index in [0.29, 0.717) is 0 Å². The first-order valence-corrected chi connectivity index (χ1v) is 8.04. The number of nitrogens with zero attached hydrogens (tertiary/aromatic N) is 1. The molecule has 7 nitrogen and oxygen atoms in total. The molecular weight excluding hydrogens is 425 g/mol. The fourth-order valence-corrected chi connectivity index (χ4v) is 2.72. The molecule has 0 aliphatic rings. The second-order valence-corrected chi connectivity index (χ2v) is 6.19. The topological polar surface area (TPSA) is 115 Å². The van der Waals surface area contributed by atoms with Crippen LogP contribution in [0.4, 0.5) is 5.69 Å². The lowest BCUT2D eigenvalue weighted by Crippen LogP contribution is -2.46. The first-order valence-electron chi connectivity index (χ1n) is 6.96. The number of rotatable bonds is 6. The molecule has 24 heavy (non-hydrogen) atoms. The van der Waals surface area contributed by atoms with Crippen LogP contribution >= 0.6 is 22.6 Å². The number of nitrogens with one attached hydrogen (secondary N) is 1. The maximum Gasteiger partial charge on any atom is 0.270 e. The monoisotopic (exact) mass is 439 g/mol. The van der Waals surface area contributed by atoms with E-state index in [1.54, 1.807) is 0 Å². The van der Waals surface area contributed by atoms with Gasteiger partial charge in [0.25, 0.3) is 11.6 Å². The van der Waals surface area contributed by atoms with Crippen molar-refractivity contribution >= 4 is 40.1 Å². The number of benzene rings is 2. The molecular formula is C16H14IN3O4.